The average Bonchev–Trinajstić information content (AvgIpc) is 3.36. The van der Waals surface area contributed by atoms with Gasteiger partial charge in [0.25, 0.3) is 0 Å². The summed E-state index contributed by atoms with van der Waals surface area (Å²) >= 11 is 0. The van der Waals surface area contributed by atoms with Crippen LogP contribution in [0.2, 0.25) is 0 Å². The number of hydrogen-bond donors (Lipinski definition) is 1. The van der Waals surface area contributed by atoms with Crippen molar-refractivity contribution in [1.29, 1.82) is 0 Å². The van der Waals surface area contributed by atoms with E-state index in [1.807, 2.05) is 59.5 Å². The van der Waals surface area contributed by atoms with E-state index < -0.39 is 0 Å². The lowest BCUT2D eigenvalue weighted by atomic mass is 10.2. The predicted octanol–water partition coefficient (Wildman–Crippen LogP) is 3.69. The Morgan fingerprint density at radius 3 is 2.64 bits per heavy atom. The fraction of sp³-hybridized carbons (Fsp3) is 0.143. The zero-order chi connectivity index (χ0) is 18.9. The van der Waals surface area contributed by atoms with Crippen LogP contribution in [0.3, 0.4) is 0 Å². The summed E-state index contributed by atoms with van der Waals surface area (Å²) in [5, 5.41) is 8.66. The second-order valence-electron chi connectivity index (χ2n) is 6.68. The third-order valence-electron chi connectivity index (χ3n) is 4.86. The SMILES string of the molecule is O=C1CCCN1c1cccc(Nc2ncnc3c2cnn3-c2ccccc2)c1. The number of anilines is 3. The largest absolute Gasteiger partial charge is 0.339 e. The maximum atomic E-state index is 12.0. The van der Waals surface area contributed by atoms with Crippen molar-refractivity contribution < 1.29 is 4.79 Å². The summed E-state index contributed by atoms with van der Waals surface area (Å²) in [5.41, 5.74) is 3.44. The monoisotopic (exact) mass is 370 g/mol. The van der Waals surface area contributed by atoms with Crippen molar-refractivity contribution in [1.82, 2.24) is 19.7 Å². The van der Waals surface area contributed by atoms with Gasteiger partial charge >= 0.3 is 0 Å². The molecule has 0 aliphatic carbocycles. The molecule has 0 spiro atoms. The number of nitrogens with zero attached hydrogens (tertiary/aromatic N) is 5. The molecule has 2 aromatic heterocycles. The molecule has 0 atom stereocenters. The number of benzene rings is 2. The summed E-state index contributed by atoms with van der Waals surface area (Å²) in [4.78, 5) is 22.7. The molecule has 1 amide bonds. The number of nitrogens with one attached hydrogen (secondary N) is 1. The van der Waals surface area contributed by atoms with Crippen LogP contribution in [0, 0.1) is 0 Å². The van der Waals surface area contributed by atoms with Crippen molar-refractivity contribution in [2.75, 3.05) is 16.8 Å². The maximum absolute atomic E-state index is 12.0. The second kappa shape index (κ2) is 6.77. The van der Waals surface area contributed by atoms with E-state index in [9.17, 15) is 4.79 Å². The fourth-order valence-corrected chi connectivity index (χ4v) is 3.51. The van der Waals surface area contributed by atoms with Crippen molar-refractivity contribution in [2.24, 2.45) is 0 Å². The molecule has 1 N–H and O–H groups in total. The minimum atomic E-state index is 0.172. The molecule has 2 aromatic carbocycles. The standard InChI is InChI=1S/C21H18N6O/c28-19-10-5-11-26(19)17-9-4-6-15(12-17)25-20-18-13-24-27(21(18)23-14-22-20)16-7-2-1-3-8-16/h1-4,6-9,12-14H,5,10-11H2,(H,22,23,25). The highest BCUT2D eigenvalue weighted by molar-refractivity contribution is 5.96. The van der Waals surface area contributed by atoms with E-state index in [0.717, 1.165) is 41.1 Å². The summed E-state index contributed by atoms with van der Waals surface area (Å²) in [5.74, 6) is 0.850. The van der Waals surface area contributed by atoms with Gasteiger partial charge in [-0.2, -0.15) is 5.10 Å². The van der Waals surface area contributed by atoms with Crippen molar-refractivity contribution in [3.63, 3.8) is 0 Å². The minimum absolute atomic E-state index is 0.172. The van der Waals surface area contributed by atoms with Crippen LogP contribution < -0.4 is 10.2 Å². The molecule has 1 fully saturated rings. The van der Waals surface area contributed by atoms with Crippen LogP contribution >= 0.6 is 0 Å². The van der Waals surface area contributed by atoms with Gasteiger partial charge < -0.3 is 10.2 Å². The van der Waals surface area contributed by atoms with Gasteiger partial charge in [0, 0.05) is 24.3 Å². The van der Waals surface area contributed by atoms with Gasteiger partial charge in [0.15, 0.2) is 5.65 Å². The van der Waals surface area contributed by atoms with Crippen LogP contribution in [0.25, 0.3) is 16.7 Å². The summed E-state index contributed by atoms with van der Waals surface area (Å²) in [6.07, 6.45) is 4.81. The van der Waals surface area contributed by atoms with Crippen LogP contribution in [-0.2, 0) is 4.79 Å². The van der Waals surface area contributed by atoms with Gasteiger partial charge in [0.1, 0.15) is 12.1 Å². The molecular weight excluding hydrogens is 352 g/mol. The molecule has 0 saturated carbocycles. The van der Waals surface area contributed by atoms with Crippen LogP contribution in [0.4, 0.5) is 17.2 Å². The van der Waals surface area contributed by atoms with Gasteiger partial charge in [-0.3, -0.25) is 4.79 Å². The number of carbonyl (C=O) groups excluding carboxylic acids is 1. The first kappa shape index (κ1) is 16.4. The molecule has 7 heteroatoms. The maximum Gasteiger partial charge on any atom is 0.227 e. The summed E-state index contributed by atoms with van der Waals surface area (Å²) in [6, 6.07) is 17.7. The highest BCUT2D eigenvalue weighted by atomic mass is 16.2. The second-order valence-corrected chi connectivity index (χ2v) is 6.68. The number of hydrogen-bond acceptors (Lipinski definition) is 5. The zero-order valence-electron chi connectivity index (χ0n) is 15.1. The molecule has 0 unspecified atom stereocenters. The molecule has 5 rings (SSSR count). The Bertz CT molecular complexity index is 1150. The average molecular weight is 370 g/mol. The first-order chi connectivity index (χ1) is 13.8. The quantitative estimate of drug-likeness (QED) is 0.593. The Hall–Kier alpha value is -3.74. The third-order valence-corrected chi connectivity index (χ3v) is 4.86. The Kier molecular flexibility index (Phi) is 3.97. The molecule has 4 aromatic rings. The van der Waals surface area contributed by atoms with Crippen molar-refractivity contribution in [2.45, 2.75) is 12.8 Å². The highest BCUT2D eigenvalue weighted by Gasteiger charge is 2.21. The van der Waals surface area contributed by atoms with Gasteiger partial charge in [-0.05, 0) is 36.8 Å². The van der Waals surface area contributed by atoms with E-state index in [-0.39, 0.29) is 5.91 Å². The van der Waals surface area contributed by atoms with Gasteiger partial charge in [-0.15, -0.1) is 0 Å². The Morgan fingerprint density at radius 1 is 0.964 bits per heavy atom. The molecule has 3 heterocycles. The first-order valence-electron chi connectivity index (χ1n) is 9.21. The lowest BCUT2D eigenvalue weighted by Gasteiger charge is -2.17. The van der Waals surface area contributed by atoms with E-state index in [0.29, 0.717) is 12.2 Å². The number of amides is 1. The van der Waals surface area contributed by atoms with Crippen molar-refractivity contribution >= 4 is 34.1 Å². The molecule has 1 saturated heterocycles. The molecule has 0 bridgehead atoms. The molecular formula is C21H18N6O. The minimum Gasteiger partial charge on any atom is -0.339 e. The fourth-order valence-electron chi connectivity index (χ4n) is 3.51. The van der Waals surface area contributed by atoms with Crippen molar-refractivity contribution in [3.8, 4) is 5.69 Å². The van der Waals surface area contributed by atoms with Crippen LogP contribution in [0.15, 0.2) is 67.1 Å². The molecule has 138 valence electrons. The molecule has 0 radical (unpaired) electrons. The van der Waals surface area contributed by atoms with Crippen LogP contribution in [-0.4, -0.2) is 32.2 Å². The summed E-state index contributed by atoms with van der Waals surface area (Å²) in [6.45, 7) is 0.768. The van der Waals surface area contributed by atoms with E-state index in [2.05, 4.69) is 20.4 Å². The van der Waals surface area contributed by atoms with Gasteiger partial charge in [0.05, 0.1) is 17.3 Å². The van der Waals surface area contributed by atoms with E-state index >= 15 is 0 Å². The third kappa shape index (κ3) is 2.87. The summed E-state index contributed by atoms with van der Waals surface area (Å²) < 4.78 is 1.79. The number of para-hydroxylation sites is 1. The molecule has 1 aliphatic heterocycles. The van der Waals surface area contributed by atoms with Gasteiger partial charge in [0.2, 0.25) is 5.91 Å². The lowest BCUT2D eigenvalue weighted by molar-refractivity contribution is -0.117. The number of aromatic nitrogens is 4. The zero-order valence-corrected chi connectivity index (χ0v) is 15.1. The predicted molar refractivity (Wildman–Crippen MR) is 108 cm³/mol. The highest BCUT2D eigenvalue weighted by Crippen LogP contribution is 2.28. The van der Waals surface area contributed by atoms with Gasteiger partial charge in [-0.25, -0.2) is 14.6 Å². The summed E-state index contributed by atoms with van der Waals surface area (Å²) in [7, 11) is 0. The van der Waals surface area contributed by atoms with Crippen LogP contribution in [0.1, 0.15) is 12.8 Å². The number of fused-ring (bicyclic) bond motifs is 1. The van der Waals surface area contributed by atoms with Gasteiger partial charge in [-0.1, -0.05) is 24.3 Å². The number of carbonyl (C=O) groups is 1. The smallest absolute Gasteiger partial charge is 0.227 e. The van der Waals surface area contributed by atoms with E-state index in [4.69, 9.17) is 0 Å². The lowest BCUT2D eigenvalue weighted by Crippen LogP contribution is -2.23. The number of rotatable bonds is 4. The normalized spacial score (nSPS) is 14.0. The molecule has 7 nitrogen and oxygen atoms in total. The first-order valence-corrected chi connectivity index (χ1v) is 9.21. The topological polar surface area (TPSA) is 75.9 Å². The Balaban J connectivity index is 1.49. The molecule has 28 heavy (non-hydrogen) atoms. The van der Waals surface area contributed by atoms with E-state index in [1.54, 1.807) is 10.9 Å². The molecule has 1 aliphatic rings. The Morgan fingerprint density at radius 2 is 1.82 bits per heavy atom. The Labute approximate surface area is 161 Å². The van der Waals surface area contributed by atoms with E-state index in [1.165, 1.54) is 6.33 Å². The van der Waals surface area contributed by atoms with Crippen molar-refractivity contribution in [3.05, 3.63) is 67.1 Å². The van der Waals surface area contributed by atoms with Crippen LogP contribution in [0.5, 0.6) is 0 Å².